The van der Waals surface area contributed by atoms with Crippen molar-refractivity contribution in [3.63, 3.8) is 0 Å². The summed E-state index contributed by atoms with van der Waals surface area (Å²) in [5.74, 6) is -0.579. The molecule has 7 nitrogen and oxygen atoms in total. The van der Waals surface area contributed by atoms with Crippen LogP contribution in [-0.4, -0.2) is 47.5 Å². The molecule has 3 amide bonds. The number of hydrogen-bond acceptors (Lipinski definition) is 4. The molecule has 0 aliphatic rings. The lowest BCUT2D eigenvalue weighted by Gasteiger charge is -2.36. The van der Waals surface area contributed by atoms with Crippen LogP contribution in [0.1, 0.15) is 116 Å². The topological polar surface area (TPSA) is 87.7 Å². The van der Waals surface area contributed by atoms with Crippen LogP contribution >= 0.6 is 0 Å². The lowest BCUT2D eigenvalue weighted by molar-refractivity contribution is -0.143. The smallest absolute Gasteiger partial charge is 0.408 e. The zero-order chi connectivity index (χ0) is 28.9. The summed E-state index contributed by atoms with van der Waals surface area (Å²) in [7, 11) is 0. The number of nitrogens with zero attached hydrogens (tertiary/aromatic N) is 1. The van der Waals surface area contributed by atoms with Gasteiger partial charge >= 0.3 is 6.09 Å². The molecular formula is C31H53N3O4. The normalized spacial score (nSPS) is 13.8. The molecule has 7 heteroatoms. The molecule has 0 aliphatic carbocycles. The highest BCUT2D eigenvalue weighted by atomic mass is 16.6. The summed E-state index contributed by atoms with van der Waals surface area (Å²) in [6.07, 6.45) is 5.76. The van der Waals surface area contributed by atoms with Gasteiger partial charge in [-0.3, -0.25) is 9.59 Å². The number of nitrogens with one attached hydrogen (secondary N) is 2. The molecule has 38 heavy (non-hydrogen) atoms. The fourth-order valence-electron chi connectivity index (χ4n) is 4.38. The monoisotopic (exact) mass is 531 g/mol. The Kier molecular flexibility index (Phi) is 14.4. The zero-order valence-electron chi connectivity index (χ0n) is 25.4. The highest BCUT2D eigenvalue weighted by Gasteiger charge is 2.38. The standard InChI is InChI=1S/C31H53N3O4/c1-10-13-15-16-21-34(29(36)26(22(4)12-3)33-30(37)38-31(7,8)9)27(28(35)32-20-14-11-2)25-19-17-18-23(5)24(25)6/h17-19,22,26-27H,10-16,20-21H2,1-9H3,(H,32,35)(H,33,37). The lowest BCUT2D eigenvalue weighted by Crippen LogP contribution is -2.55. The molecule has 0 saturated carbocycles. The molecule has 0 saturated heterocycles. The maximum atomic E-state index is 14.3. The zero-order valence-corrected chi connectivity index (χ0v) is 25.4. The summed E-state index contributed by atoms with van der Waals surface area (Å²) in [6, 6.07) is 4.31. The first kappa shape index (κ1) is 33.5. The molecule has 0 spiro atoms. The Balaban J connectivity index is 3.56. The quantitative estimate of drug-likeness (QED) is 0.249. The molecule has 3 atom stereocenters. The van der Waals surface area contributed by atoms with Gasteiger partial charge in [-0.1, -0.05) is 78.0 Å². The number of carbonyl (C=O) groups excluding carboxylic acids is 3. The number of aryl methyl sites for hydroxylation is 1. The van der Waals surface area contributed by atoms with E-state index < -0.39 is 23.8 Å². The maximum Gasteiger partial charge on any atom is 0.408 e. The second kappa shape index (κ2) is 16.4. The van der Waals surface area contributed by atoms with Crippen LogP contribution in [0.5, 0.6) is 0 Å². The van der Waals surface area contributed by atoms with Crippen LogP contribution in [0.15, 0.2) is 18.2 Å². The molecular weight excluding hydrogens is 478 g/mol. The summed E-state index contributed by atoms with van der Waals surface area (Å²) < 4.78 is 5.50. The second-order valence-corrected chi connectivity index (χ2v) is 11.4. The van der Waals surface area contributed by atoms with Gasteiger partial charge in [0.2, 0.25) is 11.8 Å². The number of rotatable bonds is 15. The largest absolute Gasteiger partial charge is 0.444 e. The average molecular weight is 532 g/mol. The number of unbranched alkanes of at least 4 members (excludes halogenated alkanes) is 4. The average Bonchev–Trinajstić information content (AvgIpc) is 2.84. The Labute approximate surface area is 231 Å². The van der Waals surface area contributed by atoms with E-state index in [1.165, 1.54) is 0 Å². The molecule has 1 rings (SSSR count). The predicted octanol–water partition coefficient (Wildman–Crippen LogP) is 6.61. The lowest BCUT2D eigenvalue weighted by atomic mass is 9.92. The van der Waals surface area contributed by atoms with Gasteiger partial charge in [-0.05, 0) is 70.1 Å². The number of benzene rings is 1. The molecule has 2 N–H and O–H groups in total. The van der Waals surface area contributed by atoms with E-state index in [4.69, 9.17) is 4.74 Å². The third-order valence-corrected chi connectivity index (χ3v) is 7.02. The van der Waals surface area contributed by atoms with E-state index in [1.807, 2.05) is 45.9 Å². The first-order chi connectivity index (χ1) is 17.9. The van der Waals surface area contributed by atoms with Crippen molar-refractivity contribution in [2.24, 2.45) is 5.92 Å². The van der Waals surface area contributed by atoms with E-state index >= 15 is 0 Å². The third-order valence-electron chi connectivity index (χ3n) is 7.02. The van der Waals surface area contributed by atoms with Crippen molar-refractivity contribution in [1.82, 2.24) is 15.5 Å². The molecule has 0 aliphatic heterocycles. The molecule has 0 bridgehead atoms. The third kappa shape index (κ3) is 10.7. The molecule has 1 aromatic carbocycles. The minimum absolute atomic E-state index is 0.143. The summed E-state index contributed by atoms with van der Waals surface area (Å²) in [4.78, 5) is 42.6. The van der Waals surface area contributed by atoms with Gasteiger partial charge in [-0.25, -0.2) is 4.79 Å². The van der Waals surface area contributed by atoms with Crippen molar-refractivity contribution in [3.8, 4) is 0 Å². The summed E-state index contributed by atoms with van der Waals surface area (Å²) in [6.45, 7) is 18.6. The van der Waals surface area contributed by atoms with E-state index in [2.05, 4.69) is 24.5 Å². The molecule has 0 heterocycles. The van der Waals surface area contributed by atoms with Crippen molar-refractivity contribution in [3.05, 3.63) is 34.9 Å². The summed E-state index contributed by atoms with van der Waals surface area (Å²) >= 11 is 0. The van der Waals surface area contributed by atoms with Crippen LogP contribution in [0.25, 0.3) is 0 Å². The van der Waals surface area contributed by atoms with Crippen LogP contribution in [0.3, 0.4) is 0 Å². The van der Waals surface area contributed by atoms with Gasteiger partial charge in [0.25, 0.3) is 0 Å². The van der Waals surface area contributed by atoms with E-state index in [9.17, 15) is 14.4 Å². The molecule has 0 radical (unpaired) electrons. The van der Waals surface area contributed by atoms with Crippen LogP contribution in [0, 0.1) is 19.8 Å². The van der Waals surface area contributed by atoms with Gasteiger partial charge in [-0.15, -0.1) is 0 Å². The minimum atomic E-state index is -0.808. The Morgan fingerprint density at radius 2 is 1.63 bits per heavy atom. The van der Waals surface area contributed by atoms with Crippen LogP contribution in [0.4, 0.5) is 4.79 Å². The van der Waals surface area contributed by atoms with Crippen molar-refractivity contribution >= 4 is 17.9 Å². The number of ether oxygens (including phenoxy) is 1. The molecule has 1 aromatic rings. The second-order valence-electron chi connectivity index (χ2n) is 11.4. The number of hydrogen-bond donors (Lipinski definition) is 2. The Morgan fingerprint density at radius 1 is 0.974 bits per heavy atom. The van der Waals surface area contributed by atoms with Crippen LogP contribution in [0.2, 0.25) is 0 Å². The minimum Gasteiger partial charge on any atom is -0.444 e. The van der Waals surface area contributed by atoms with Crippen LogP contribution in [-0.2, 0) is 14.3 Å². The number of amides is 3. The predicted molar refractivity (Wildman–Crippen MR) is 155 cm³/mol. The Bertz CT molecular complexity index is 894. The van der Waals surface area contributed by atoms with Gasteiger partial charge in [0, 0.05) is 13.1 Å². The fourth-order valence-corrected chi connectivity index (χ4v) is 4.38. The maximum absolute atomic E-state index is 14.3. The number of alkyl carbamates (subject to hydrolysis) is 1. The van der Waals surface area contributed by atoms with Crippen molar-refractivity contribution < 1.29 is 19.1 Å². The van der Waals surface area contributed by atoms with Crippen LogP contribution < -0.4 is 10.6 Å². The SMILES string of the molecule is CCCCCCN(C(=O)C(NC(=O)OC(C)(C)C)C(C)CC)C(C(=O)NCCCC)c1cccc(C)c1C. The van der Waals surface area contributed by atoms with Gasteiger partial charge in [0.15, 0.2) is 0 Å². The van der Waals surface area contributed by atoms with Gasteiger partial charge in [-0.2, -0.15) is 0 Å². The summed E-state index contributed by atoms with van der Waals surface area (Å²) in [5, 5.41) is 5.92. The Hall–Kier alpha value is -2.57. The van der Waals surface area contributed by atoms with E-state index in [-0.39, 0.29) is 17.7 Å². The van der Waals surface area contributed by atoms with Gasteiger partial charge in [0.05, 0.1) is 0 Å². The molecule has 0 fully saturated rings. The fraction of sp³-hybridized carbons (Fsp3) is 0.710. The van der Waals surface area contributed by atoms with Gasteiger partial charge < -0.3 is 20.3 Å². The summed E-state index contributed by atoms with van der Waals surface area (Å²) in [5.41, 5.74) is 2.20. The number of carbonyl (C=O) groups is 3. The van der Waals surface area contributed by atoms with Crippen molar-refractivity contribution in [2.45, 2.75) is 125 Å². The Morgan fingerprint density at radius 3 is 2.21 bits per heavy atom. The first-order valence-corrected chi connectivity index (χ1v) is 14.5. The van der Waals surface area contributed by atoms with Crippen molar-refractivity contribution in [2.75, 3.05) is 13.1 Å². The van der Waals surface area contributed by atoms with E-state index in [0.29, 0.717) is 19.5 Å². The molecule has 216 valence electrons. The van der Waals surface area contributed by atoms with Crippen molar-refractivity contribution in [1.29, 1.82) is 0 Å². The highest BCUT2D eigenvalue weighted by Crippen LogP contribution is 2.29. The van der Waals surface area contributed by atoms with Gasteiger partial charge in [0.1, 0.15) is 17.7 Å². The highest BCUT2D eigenvalue weighted by molar-refractivity contribution is 5.92. The first-order valence-electron chi connectivity index (χ1n) is 14.5. The van der Waals surface area contributed by atoms with E-state index in [0.717, 1.165) is 55.2 Å². The molecule has 0 aromatic heterocycles. The van der Waals surface area contributed by atoms with E-state index in [1.54, 1.807) is 25.7 Å². The molecule has 3 unspecified atom stereocenters.